The predicted molar refractivity (Wildman–Crippen MR) is 93.9 cm³/mol. The summed E-state index contributed by atoms with van der Waals surface area (Å²) < 4.78 is 1.42. The van der Waals surface area contributed by atoms with E-state index < -0.39 is 11.7 Å². The number of aromatic hydroxyl groups is 2. The van der Waals surface area contributed by atoms with Gasteiger partial charge in [-0.1, -0.05) is 23.2 Å². The second-order valence-corrected chi connectivity index (χ2v) is 6.32. The minimum absolute atomic E-state index is 0.0410. The lowest BCUT2D eigenvalue weighted by molar-refractivity contribution is 0.0782. The molecule has 0 saturated carbocycles. The van der Waals surface area contributed by atoms with Crippen molar-refractivity contribution in [2.45, 2.75) is 13.1 Å². The van der Waals surface area contributed by atoms with Crippen LogP contribution >= 0.6 is 23.2 Å². The Balaban J connectivity index is 2.18. The minimum Gasteiger partial charge on any atom is -0.503 e. The van der Waals surface area contributed by atoms with E-state index in [9.17, 15) is 15.0 Å². The second-order valence-electron chi connectivity index (χ2n) is 5.45. The number of hydrogen-bond acceptors (Lipinski definition) is 4. The van der Waals surface area contributed by atoms with Crippen LogP contribution in [0.2, 0.25) is 10.0 Å². The fourth-order valence-electron chi connectivity index (χ4n) is 2.35. The molecule has 0 radical (unpaired) electrons. The van der Waals surface area contributed by atoms with E-state index in [1.165, 1.54) is 15.7 Å². The number of benzene rings is 1. The number of amides is 1. The van der Waals surface area contributed by atoms with Crippen molar-refractivity contribution in [2.75, 3.05) is 20.6 Å². The smallest absolute Gasteiger partial charge is 0.259 e. The van der Waals surface area contributed by atoms with Crippen molar-refractivity contribution >= 4 is 29.1 Å². The van der Waals surface area contributed by atoms with Crippen LogP contribution in [-0.2, 0) is 13.1 Å². The van der Waals surface area contributed by atoms with Crippen LogP contribution in [0.3, 0.4) is 0 Å². The molecule has 1 heterocycles. The summed E-state index contributed by atoms with van der Waals surface area (Å²) in [4.78, 5) is 14.0. The van der Waals surface area contributed by atoms with Gasteiger partial charge in [-0.2, -0.15) is 0 Å². The molecule has 1 aromatic carbocycles. The van der Waals surface area contributed by atoms with Gasteiger partial charge in [-0.25, -0.2) is 0 Å². The van der Waals surface area contributed by atoms with Gasteiger partial charge < -0.3 is 25.0 Å². The lowest BCUT2D eigenvalue weighted by atomic mass is 10.2. The SMILES string of the molecule is CNCCn1cc(C(=O)N(C)Cc2cc(Cl)cc(Cl)c2)c(O)c1O. The van der Waals surface area contributed by atoms with Crippen LogP contribution in [0.1, 0.15) is 15.9 Å². The summed E-state index contributed by atoms with van der Waals surface area (Å²) in [5.74, 6) is -1.16. The molecule has 3 N–H and O–H groups in total. The van der Waals surface area contributed by atoms with Gasteiger partial charge >= 0.3 is 0 Å². The molecular weight excluding hydrogens is 353 g/mol. The highest BCUT2D eigenvalue weighted by molar-refractivity contribution is 6.34. The van der Waals surface area contributed by atoms with Gasteiger partial charge in [0.1, 0.15) is 5.56 Å². The fourth-order valence-corrected chi connectivity index (χ4v) is 2.92. The van der Waals surface area contributed by atoms with Crippen molar-refractivity contribution in [3.05, 3.63) is 45.6 Å². The maximum Gasteiger partial charge on any atom is 0.259 e. The molecule has 1 aromatic heterocycles. The maximum absolute atomic E-state index is 12.5. The fraction of sp³-hybridized carbons (Fsp3) is 0.312. The summed E-state index contributed by atoms with van der Waals surface area (Å²) in [5, 5.41) is 23.8. The first-order valence-electron chi connectivity index (χ1n) is 7.29. The van der Waals surface area contributed by atoms with Crippen molar-refractivity contribution in [1.29, 1.82) is 0 Å². The van der Waals surface area contributed by atoms with Crippen LogP contribution in [0.15, 0.2) is 24.4 Å². The van der Waals surface area contributed by atoms with Crippen LogP contribution in [0.4, 0.5) is 0 Å². The van der Waals surface area contributed by atoms with Crippen LogP contribution in [-0.4, -0.2) is 46.2 Å². The van der Waals surface area contributed by atoms with Gasteiger partial charge in [0.25, 0.3) is 5.91 Å². The first kappa shape index (κ1) is 18.4. The molecule has 0 unspecified atom stereocenters. The number of hydrogen-bond donors (Lipinski definition) is 3. The largest absolute Gasteiger partial charge is 0.503 e. The van der Waals surface area contributed by atoms with Crippen LogP contribution in [0.25, 0.3) is 0 Å². The van der Waals surface area contributed by atoms with E-state index in [2.05, 4.69) is 5.32 Å². The molecule has 6 nitrogen and oxygen atoms in total. The van der Waals surface area contributed by atoms with E-state index in [0.717, 1.165) is 5.56 Å². The van der Waals surface area contributed by atoms with Crippen LogP contribution in [0, 0.1) is 0 Å². The molecule has 0 aliphatic carbocycles. The normalized spacial score (nSPS) is 10.8. The van der Waals surface area contributed by atoms with Gasteiger partial charge in [0.05, 0.1) is 0 Å². The van der Waals surface area contributed by atoms with Crippen molar-refractivity contribution in [3.63, 3.8) is 0 Å². The van der Waals surface area contributed by atoms with E-state index in [-0.39, 0.29) is 18.0 Å². The molecule has 0 aliphatic rings. The summed E-state index contributed by atoms with van der Waals surface area (Å²) >= 11 is 11.9. The molecule has 0 aliphatic heterocycles. The van der Waals surface area contributed by atoms with Gasteiger partial charge in [-0.15, -0.1) is 0 Å². The van der Waals surface area contributed by atoms with Crippen molar-refractivity contribution in [2.24, 2.45) is 0 Å². The molecule has 2 aromatic rings. The Morgan fingerprint density at radius 1 is 1.25 bits per heavy atom. The topological polar surface area (TPSA) is 77.7 Å². The van der Waals surface area contributed by atoms with Crippen molar-refractivity contribution < 1.29 is 15.0 Å². The zero-order chi connectivity index (χ0) is 17.9. The van der Waals surface area contributed by atoms with Gasteiger partial charge in [-0.05, 0) is 30.8 Å². The summed E-state index contributed by atoms with van der Waals surface area (Å²) in [6, 6.07) is 5.04. The van der Waals surface area contributed by atoms with Gasteiger partial charge in [0.15, 0.2) is 5.75 Å². The quantitative estimate of drug-likeness (QED) is 0.729. The lowest BCUT2D eigenvalue weighted by Crippen LogP contribution is -2.26. The highest BCUT2D eigenvalue weighted by Crippen LogP contribution is 2.32. The third-order valence-electron chi connectivity index (χ3n) is 3.55. The Kier molecular flexibility index (Phi) is 5.99. The molecule has 8 heteroatoms. The average Bonchev–Trinajstić information content (AvgIpc) is 2.79. The first-order chi connectivity index (χ1) is 11.3. The van der Waals surface area contributed by atoms with Crippen molar-refractivity contribution in [3.8, 4) is 11.6 Å². The highest BCUT2D eigenvalue weighted by atomic mass is 35.5. The molecule has 1 amide bonds. The zero-order valence-corrected chi connectivity index (χ0v) is 14.9. The lowest BCUT2D eigenvalue weighted by Gasteiger charge is -2.17. The Labute approximate surface area is 150 Å². The molecular formula is C16H19Cl2N3O3. The molecule has 0 atom stereocenters. The molecule has 0 spiro atoms. The van der Waals surface area contributed by atoms with E-state index in [0.29, 0.717) is 23.1 Å². The minimum atomic E-state index is -0.424. The van der Waals surface area contributed by atoms with Gasteiger partial charge in [0.2, 0.25) is 5.88 Å². The monoisotopic (exact) mass is 371 g/mol. The number of halogens is 2. The van der Waals surface area contributed by atoms with Gasteiger partial charge in [0, 0.05) is 42.9 Å². The molecule has 0 saturated heterocycles. The third kappa shape index (κ3) is 4.14. The summed E-state index contributed by atoms with van der Waals surface area (Å²) in [7, 11) is 3.37. The van der Waals surface area contributed by atoms with E-state index in [1.807, 2.05) is 0 Å². The number of rotatable bonds is 6. The molecule has 0 fully saturated rings. The molecule has 2 rings (SSSR count). The number of carbonyl (C=O) groups is 1. The number of nitrogens with zero attached hydrogens (tertiary/aromatic N) is 2. The number of carbonyl (C=O) groups excluding carboxylic acids is 1. The number of likely N-dealkylation sites (N-methyl/N-ethyl adjacent to an activating group) is 1. The molecule has 24 heavy (non-hydrogen) atoms. The number of aromatic nitrogens is 1. The second kappa shape index (κ2) is 7.79. The predicted octanol–water partition coefficient (Wildman–Crippen LogP) is 2.70. The van der Waals surface area contributed by atoms with E-state index >= 15 is 0 Å². The van der Waals surface area contributed by atoms with E-state index in [1.54, 1.807) is 32.3 Å². The standard InChI is InChI=1S/C16H19Cl2N3O3/c1-19-3-4-21-9-13(14(22)16(21)24)15(23)20(2)8-10-5-11(17)7-12(18)6-10/h5-7,9,19,22,24H,3-4,8H2,1-2H3. The Bertz CT molecular complexity index is 726. The summed E-state index contributed by atoms with van der Waals surface area (Å²) in [6.45, 7) is 1.28. The molecule has 0 bridgehead atoms. The summed E-state index contributed by atoms with van der Waals surface area (Å²) in [5.41, 5.74) is 0.806. The highest BCUT2D eigenvalue weighted by Gasteiger charge is 2.23. The van der Waals surface area contributed by atoms with Crippen LogP contribution in [0.5, 0.6) is 11.6 Å². The summed E-state index contributed by atoms with van der Waals surface area (Å²) in [6.07, 6.45) is 1.44. The first-order valence-corrected chi connectivity index (χ1v) is 8.05. The Hall–Kier alpha value is -1.89. The van der Waals surface area contributed by atoms with Gasteiger partial charge in [-0.3, -0.25) is 4.79 Å². The maximum atomic E-state index is 12.5. The van der Waals surface area contributed by atoms with E-state index in [4.69, 9.17) is 23.2 Å². The third-order valence-corrected chi connectivity index (χ3v) is 3.98. The Morgan fingerprint density at radius 2 is 1.88 bits per heavy atom. The average molecular weight is 372 g/mol. The zero-order valence-electron chi connectivity index (χ0n) is 13.4. The van der Waals surface area contributed by atoms with Crippen LogP contribution < -0.4 is 5.32 Å². The van der Waals surface area contributed by atoms with Crippen molar-refractivity contribution in [1.82, 2.24) is 14.8 Å². The molecule has 130 valence electrons. The Morgan fingerprint density at radius 3 is 2.46 bits per heavy atom. The number of nitrogens with one attached hydrogen (secondary N) is 1.